The first kappa shape index (κ1) is 15.7. The molecule has 2 rings (SSSR count). The number of hydrogen-bond donors (Lipinski definition) is 1. The summed E-state index contributed by atoms with van der Waals surface area (Å²) in [5.74, 6) is -0.0855. The molecule has 0 heterocycles. The van der Waals surface area contributed by atoms with E-state index < -0.39 is 10.8 Å². The molecule has 2 nitrogen and oxygen atoms in total. The van der Waals surface area contributed by atoms with Gasteiger partial charge in [0.2, 0.25) is 0 Å². The number of hydrogen-bond acceptors (Lipinski definition) is 2. The molecule has 0 fully saturated rings. The van der Waals surface area contributed by atoms with Crippen LogP contribution in [0.2, 0.25) is 0 Å². The topological polar surface area (TPSA) is 43.1 Å². The molecule has 0 bridgehead atoms. The van der Waals surface area contributed by atoms with Gasteiger partial charge in [-0.25, -0.2) is 4.39 Å². The molecular formula is C17H20FNOS. The van der Waals surface area contributed by atoms with Crippen LogP contribution < -0.4 is 5.73 Å². The molecule has 2 aromatic carbocycles. The summed E-state index contributed by atoms with van der Waals surface area (Å²) < 4.78 is 25.4. The summed E-state index contributed by atoms with van der Waals surface area (Å²) in [7, 11) is -1.19. The summed E-state index contributed by atoms with van der Waals surface area (Å²) in [6.45, 7) is 6.41. The van der Waals surface area contributed by atoms with Gasteiger partial charge in [-0.15, -0.1) is 0 Å². The first-order chi connectivity index (χ1) is 9.77. The molecule has 0 spiro atoms. The van der Waals surface area contributed by atoms with E-state index in [9.17, 15) is 8.60 Å². The van der Waals surface area contributed by atoms with Gasteiger partial charge in [-0.3, -0.25) is 4.21 Å². The Morgan fingerprint density at radius 1 is 1.10 bits per heavy atom. The highest BCUT2D eigenvalue weighted by Gasteiger charge is 2.14. The third-order valence-electron chi connectivity index (χ3n) is 3.38. The number of rotatable bonds is 3. The van der Waals surface area contributed by atoms with Crippen LogP contribution in [0.1, 0.15) is 31.9 Å². The third kappa shape index (κ3) is 3.91. The van der Waals surface area contributed by atoms with E-state index in [1.807, 2.05) is 24.3 Å². The van der Waals surface area contributed by atoms with Crippen LogP contribution in [0.3, 0.4) is 0 Å². The fourth-order valence-corrected chi connectivity index (χ4v) is 3.18. The lowest BCUT2D eigenvalue weighted by Crippen LogP contribution is -2.11. The normalized spacial score (nSPS) is 13.1. The maximum absolute atomic E-state index is 13.0. The van der Waals surface area contributed by atoms with Crippen molar-refractivity contribution in [3.8, 4) is 0 Å². The lowest BCUT2D eigenvalue weighted by Gasteiger charge is -2.19. The maximum Gasteiger partial charge on any atom is 0.125 e. The summed E-state index contributed by atoms with van der Waals surface area (Å²) in [6.07, 6.45) is 0. The maximum atomic E-state index is 13.0. The van der Waals surface area contributed by atoms with E-state index in [0.717, 1.165) is 4.90 Å². The molecule has 0 saturated carbocycles. The van der Waals surface area contributed by atoms with Crippen molar-refractivity contribution in [3.05, 3.63) is 59.4 Å². The van der Waals surface area contributed by atoms with E-state index in [1.54, 1.807) is 6.07 Å². The summed E-state index contributed by atoms with van der Waals surface area (Å²) in [4.78, 5) is 0.756. The average Bonchev–Trinajstić information content (AvgIpc) is 2.41. The molecule has 4 heteroatoms. The largest absolute Gasteiger partial charge is 0.398 e. The van der Waals surface area contributed by atoms with E-state index in [1.165, 1.54) is 17.7 Å². The number of nitrogens with two attached hydrogens (primary N) is 1. The van der Waals surface area contributed by atoms with Crippen molar-refractivity contribution in [2.24, 2.45) is 0 Å². The highest BCUT2D eigenvalue weighted by atomic mass is 32.2. The molecule has 0 saturated heterocycles. The average molecular weight is 305 g/mol. The molecule has 2 aromatic rings. The zero-order valence-electron chi connectivity index (χ0n) is 12.5. The van der Waals surface area contributed by atoms with Gasteiger partial charge in [-0.1, -0.05) is 39.0 Å². The molecule has 0 aliphatic rings. The third-order valence-corrected chi connectivity index (χ3v) is 4.75. The van der Waals surface area contributed by atoms with Crippen LogP contribution in [0.15, 0.2) is 47.4 Å². The van der Waals surface area contributed by atoms with Gasteiger partial charge in [0.1, 0.15) is 5.82 Å². The molecule has 0 radical (unpaired) electrons. The Bertz CT molecular complexity index is 659. The molecule has 2 N–H and O–H groups in total. The van der Waals surface area contributed by atoms with Crippen LogP contribution in [0.25, 0.3) is 0 Å². The second-order valence-corrected chi connectivity index (χ2v) is 7.56. The van der Waals surface area contributed by atoms with Gasteiger partial charge in [0, 0.05) is 10.6 Å². The van der Waals surface area contributed by atoms with Crippen LogP contribution in [-0.2, 0) is 22.0 Å². The van der Waals surface area contributed by atoms with Gasteiger partial charge < -0.3 is 5.73 Å². The molecule has 0 aliphatic heterocycles. The molecule has 0 amide bonds. The smallest absolute Gasteiger partial charge is 0.125 e. The standard InChI is InChI=1S/C17H20FNOS/c1-17(2,3)13-5-8-15(9-6-13)21(20)11-12-4-7-14(18)10-16(12)19/h4-10H,11,19H2,1-3H3. The first-order valence-corrected chi connectivity index (χ1v) is 8.12. The molecule has 1 atom stereocenters. The van der Waals surface area contributed by atoms with Crippen LogP contribution >= 0.6 is 0 Å². The van der Waals surface area contributed by atoms with Crippen molar-refractivity contribution >= 4 is 16.5 Å². The van der Waals surface area contributed by atoms with Gasteiger partial charge in [-0.05, 0) is 40.8 Å². The van der Waals surface area contributed by atoms with Gasteiger partial charge in [0.25, 0.3) is 0 Å². The van der Waals surface area contributed by atoms with E-state index in [4.69, 9.17) is 5.73 Å². The molecular weight excluding hydrogens is 285 g/mol. The fraction of sp³-hybridized carbons (Fsp3) is 0.294. The Morgan fingerprint density at radius 2 is 1.71 bits per heavy atom. The Morgan fingerprint density at radius 3 is 2.24 bits per heavy atom. The van der Waals surface area contributed by atoms with E-state index in [2.05, 4.69) is 20.8 Å². The van der Waals surface area contributed by atoms with Gasteiger partial charge in [0.05, 0.1) is 16.6 Å². The molecule has 0 aliphatic carbocycles. The van der Waals surface area contributed by atoms with Crippen LogP contribution in [0.5, 0.6) is 0 Å². The molecule has 21 heavy (non-hydrogen) atoms. The highest BCUT2D eigenvalue weighted by molar-refractivity contribution is 7.84. The van der Waals surface area contributed by atoms with Crippen molar-refractivity contribution in [2.45, 2.75) is 36.8 Å². The second-order valence-electron chi connectivity index (χ2n) is 6.11. The van der Waals surface area contributed by atoms with E-state index >= 15 is 0 Å². The fourth-order valence-electron chi connectivity index (χ4n) is 2.03. The van der Waals surface area contributed by atoms with E-state index in [-0.39, 0.29) is 11.2 Å². The Hall–Kier alpha value is -1.68. The first-order valence-electron chi connectivity index (χ1n) is 6.80. The predicted octanol–water partition coefficient (Wildman–Crippen LogP) is 4.01. The highest BCUT2D eigenvalue weighted by Crippen LogP contribution is 2.24. The summed E-state index contributed by atoms with van der Waals surface area (Å²) >= 11 is 0. The summed E-state index contributed by atoms with van der Waals surface area (Å²) in [5, 5.41) is 0. The SMILES string of the molecule is CC(C)(C)c1ccc(S(=O)Cc2ccc(F)cc2N)cc1. The van der Waals surface area contributed by atoms with E-state index in [0.29, 0.717) is 17.0 Å². The number of halogens is 1. The zero-order chi connectivity index (χ0) is 15.6. The Kier molecular flexibility index (Phi) is 4.47. The lowest BCUT2D eigenvalue weighted by atomic mass is 9.87. The van der Waals surface area contributed by atoms with Crippen molar-refractivity contribution in [3.63, 3.8) is 0 Å². The second kappa shape index (κ2) is 5.98. The van der Waals surface area contributed by atoms with Crippen molar-refractivity contribution in [2.75, 3.05) is 5.73 Å². The van der Waals surface area contributed by atoms with Gasteiger partial charge in [0.15, 0.2) is 0 Å². The molecule has 112 valence electrons. The minimum absolute atomic E-state index is 0.0708. The van der Waals surface area contributed by atoms with Crippen LogP contribution in [0.4, 0.5) is 10.1 Å². The van der Waals surface area contributed by atoms with Crippen LogP contribution in [-0.4, -0.2) is 4.21 Å². The Balaban J connectivity index is 2.17. The molecule has 1 unspecified atom stereocenters. The summed E-state index contributed by atoms with van der Waals surface area (Å²) in [6, 6.07) is 12.0. The quantitative estimate of drug-likeness (QED) is 0.871. The van der Waals surface area contributed by atoms with Crippen molar-refractivity contribution in [1.82, 2.24) is 0 Å². The summed E-state index contributed by atoms with van der Waals surface area (Å²) in [5.41, 5.74) is 8.07. The number of benzene rings is 2. The zero-order valence-corrected chi connectivity index (χ0v) is 13.3. The monoisotopic (exact) mass is 305 g/mol. The predicted molar refractivity (Wildman–Crippen MR) is 86.1 cm³/mol. The van der Waals surface area contributed by atoms with Crippen molar-refractivity contribution in [1.29, 1.82) is 0 Å². The Labute approximate surface area is 127 Å². The molecule has 0 aromatic heterocycles. The lowest BCUT2D eigenvalue weighted by molar-refractivity contribution is 0.589. The van der Waals surface area contributed by atoms with Crippen molar-refractivity contribution < 1.29 is 8.60 Å². The number of anilines is 1. The number of nitrogen functional groups attached to an aromatic ring is 1. The minimum Gasteiger partial charge on any atom is -0.398 e. The van der Waals surface area contributed by atoms with Crippen LogP contribution in [0, 0.1) is 5.82 Å². The van der Waals surface area contributed by atoms with Gasteiger partial charge >= 0.3 is 0 Å². The van der Waals surface area contributed by atoms with Gasteiger partial charge in [-0.2, -0.15) is 0 Å². The minimum atomic E-state index is -1.19.